The molecular formula is C18H16IN3OS2. The Morgan fingerprint density at radius 1 is 1.44 bits per heavy atom. The molecule has 0 spiro atoms. The first-order valence-electron chi connectivity index (χ1n) is 7.91. The van der Waals surface area contributed by atoms with Crippen molar-refractivity contribution in [3.05, 3.63) is 49.4 Å². The zero-order chi connectivity index (χ0) is 18.0. The quantitative estimate of drug-likeness (QED) is 0.491. The van der Waals surface area contributed by atoms with Crippen molar-refractivity contribution in [1.82, 2.24) is 5.32 Å². The Morgan fingerprint density at radius 3 is 2.92 bits per heavy atom. The number of hydrogen-bond acceptors (Lipinski definition) is 4. The molecule has 7 heteroatoms. The fourth-order valence-corrected chi connectivity index (χ4v) is 5.16. The van der Waals surface area contributed by atoms with E-state index in [1.807, 2.05) is 18.2 Å². The van der Waals surface area contributed by atoms with Gasteiger partial charge in [0.15, 0.2) is 5.11 Å². The van der Waals surface area contributed by atoms with E-state index < -0.39 is 0 Å². The summed E-state index contributed by atoms with van der Waals surface area (Å²) in [6, 6.07) is 9.61. The summed E-state index contributed by atoms with van der Waals surface area (Å²) < 4.78 is 0.860. The van der Waals surface area contributed by atoms with Crippen LogP contribution >= 0.6 is 46.1 Å². The van der Waals surface area contributed by atoms with Gasteiger partial charge in [0.05, 0.1) is 11.1 Å². The largest absolute Gasteiger partial charge is 0.323 e. The normalized spacial score (nSPS) is 15.8. The van der Waals surface area contributed by atoms with Gasteiger partial charge in [0.25, 0.3) is 5.91 Å². The van der Waals surface area contributed by atoms with Gasteiger partial charge in [0.2, 0.25) is 0 Å². The second-order valence-electron chi connectivity index (χ2n) is 6.06. The summed E-state index contributed by atoms with van der Waals surface area (Å²) in [5.74, 6) is 0.383. The highest BCUT2D eigenvalue weighted by Gasteiger charge is 2.24. The number of fused-ring (bicyclic) bond motifs is 1. The minimum Gasteiger partial charge on any atom is -0.323 e. The average Bonchev–Trinajstić information content (AvgIpc) is 2.90. The zero-order valence-corrected chi connectivity index (χ0v) is 17.3. The van der Waals surface area contributed by atoms with E-state index in [-0.39, 0.29) is 11.0 Å². The third kappa shape index (κ3) is 4.02. The summed E-state index contributed by atoms with van der Waals surface area (Å²) in [5.41, 5.74) is 2.38. The van der Waals surface area contributed by atoms with E-state index in [0.717, 1.165) is 33.4 Å². The van der Waals surface area contributed by atoms with Crippen molar-refractivity contribution in [3.63, 3.8) is 0 Å². The molecule has 0 saturated heterocycles. The molecule has 0 fully saturated rings. The van der Waals surface area contributed by atoms with E-state index in [4.69, 9.17) is 12.2 Å². The maximum Gasteiger partial charge on any atom is 0.258 e. The average molecular weight is 481 g/mol. The molecule has 1 aliphatic carbocycles. The molecule has 1 aliphatic rings. The number of hydrogen-bond donors (Lipinski definition) is 2. The van der Waals surface area contributed by atoms with Crippen molar-refractivity contribution in [2.24, 2.45) is 5.92 Å². The van der Waals surface area contributed by atoms with Gasteiger partial charge in [-0.3, -0.25) is 10.1 Å². The Kier molecular flexibility index (Phi) is 5.71. The Labute approximate surface area is 169 Å². The Hall–Kier alpha value is -1.50. The molecule has 4 nitrogen and oxygen atoms in total. The van der Waals surface area contributed by atoms with Crippen molar-refractivity contribution >= 4 is 62.2 Å². The number of benzene rings is 1. The Bertz CT molecular complexity index is 885. The van der Waals surface area contributed by atoms with Gasteiger partial charge in [0, 0.05) is 8.45 Å². The van der Waals surface area contributed by atoms with Crippen LogP contribution in [-0.4, -0.2) is 11.0 Å². The van der Waals surface area contributed by atoms with E-state index in [1.165, 1.54) is 4.88 Å². The first kappa shape index (κ1) is 18.3. The number of nitrogens with zero attached hydrogens (tertiary/aromatic N) is 1. The number of halogens is 1. The maximum absolute atomic E-state index is 12.4. The highest BCUT2D eigenvalue weighted by atomic mass is 127. The molecule has 3 rings (SSSR count). The van der Waals surface area contributed by atoms with Crippen LogP contribution < -0.4 is 10.6 Å². The highest BCUT2D eigenvalue weighted by Crippen LogP contribution is 2.39. The van der Waals surface area contributed by atoms with Crippen LogP contribution in [0, 0.1) is 20.8 Å². The lowest BCUT2D eigenvalue weighted by Crippen LogP contribution is -2.34. The van der Waals surface area contributed by atoms with E-state index in [0.29, 0.717) is 17.0 Å². The van der Waals surface area contributed by atoms with E-state index in [9.17, 15) is 10.1 Å². The van der Waals surface area contributed by atoms with Gasteiger partial charge in [-0.15, -0.1) is 11.3 Å². The predicted molar refractivity (Wildman–Crippen MR) is 113 cm³/mol. The van der Waals surface area contributed by atoms with Crippen LogP contribution in [0.2, 0.25) is 0 Å². The number of carbonyl (C=O) groups excluding carboxylic acids is 1. The van der Waals surface area contributed by atoms with Crippen molar-refractivity contribution in [2.45, 2.75) is 26.2 Å². The number of amides is 1. The summed E-state index contributed by atoms with van der Waals surface area (Å²) in [7, 11) is 0. The van der Waals surface area contributed by atoms with Crippen LogP contribution in [0.25, 0.3) is 0 Å². The Morgan fingerprint density at radius 2 is 2.20 bits per heavy atom. The number of rotatable bonds is 2. The predicted octanol–water partition coefficient (Wildman–Crippen LogP) is 4.48. The number of thiocarbonyl (C=S) groups is 1. The molecule has 1 atom stereocenters. The van der Waals surface area contributed by atoms with Gasteiger partial charge >= 0.3 is 0 Å². The van der Waals surface area contributed by atoms with Gasteiger partial charge in [-0.1, -0.05) is 19.1 Å². The van der Waals surface area contributed by atoms with Gasteiger partial charge in [-0.2, -0.15) is 5.26 Å². The van der Waals surface area contributed by atoms with E-state index >= 15 is 0 Å². The summed E-state index contributed by atoms with van der Waals surface area (Å²) in [6.07, 6.45) is 3.03. The molecule has 25 heavy (non-hydrogen) atoms. The van der Waals surface area contributed by atoms with Crippen molar-refractivity contribution in [2.75, 3.05) is 5.32 Å². The van der Waals surface area contributed by atoms with Crippen LogP contribution in [0.3, 0.4) is 0 Å². The SMILES string of the molecule is C[C@@H]1CCc2c(sc(NC(=S)NC(=O)c3ccccc3I)c2C#N)C1. The van der Waals surface area contributed by atoms with Gasteiger partial charge in [0.1, 0.15) is 11.1 Å². The van der Waals surface area contributed by atoms with Crippen LogP contribution in [0.15, 0.2) is 24.3 Å². The number of nitriles is 1. The third-order valence-electron chi connectivity index (χ3n) is 4.20. The second-order valence-corrected chi connectivity index (χ2v) is 8.73. The zero-order valence-electron chi connectivity index (χ0n) is 13.6. The fourth-order valence-electron chi connectivity index (χ4n) is 2.91. The molecule has 128 valence electrons. The van der Waals surface area contributed by atoms with Crippen molar-refractivity contribution < 1.29 is 4.79 Å². The molecule has 1 amide bonds. The fraction of sp³-hybridized carbons (Fsp3) is 0.278. The number of carbonyl (C=O) groups is 1. The summed E-state index contributed by atoms with van der Waals surface area (Å²) in [4.78, 5) is 13.6. The minimum atomic E-state index is -0.254. The molecule has 1 aromatic heterocycles. The standard InChI is InChI=1S/C18H16IN3OS2/c1-10-6-7-11-13(9-20)17(25-15(11)8-10)22-18(24)21-16(23)12-4-2-3-5-14(12)19/h2-5,10H,6-8H2,1H3,(H2,21,22,23,24)/t10-/m1/s1. The molecule has 2 N–H and O–H groups in total. The molecule has 1 heterocycles. The topological polar surface area (TPSA) is 64.9 Å². The first-order valence-corrected chi connectivity index (χ1v) is 10.2. The van der Waals surface area contributed by atoms with Crippen LogP contribution in [0.1, 0.15) is 39.7 Å². The number of anilines is 1. The lowest BCUT2D eigenvalue weighted by Gasteiger charge is -2.17. The van der Waals surface area contributed by atoms with Crippen LogP contribution in [-0.2, 0) is 12.8 Å². The molecule has 0 unspecified atom stereocenters. The third-order valence-corrected chi connectivity index (χ3v) is 6.51. The van der Waals surface area contributed by atoms with E-state index in [1.54, 1.807) is 17.4 Å². The molecule has 0 saturated carbocycles. The van der Waals surface area contributed by atoms with Gasteiger partial charge in [-0.25, -0.2) is 0 Å². The maximum atomic E-state index is 12.4. The molecule has 2 aromatic rings. The number of nitrogens with one attached hydrogen (secondary N) is 2. The molecule has 1 aromatic carbocycles. The van der Waals surface area contributed by atoms with Crippen LogP contribution in [0.4, 0.5) is 5.00 Å². The van der Waals surface area contributed by atoms with Crippen molar-refractivity contribution in [3.8, 4) is 6.07 Å². The highest BCUT2D eigenvalue weighted by molar-refractivity contribution is 14.1. The molecule has 0 radical (unpaired) electrons. The second kappa shape index (κ2) is 7.81. The van der Waals surface area contributed by atoms with Crippen LogP contribution in [0.5, 0.6) is 0 Å². The lowest BCUT2D eigenvalue weighted by molar-refractivity contribution is 0.0977. The molecular weight excluding hydrogens is 465 g/mol. The minimum absolute atomic E-state index is 0.216. The van der Waals surface area contributed by atoms with Gasteiger partial charge < -0.3 is 5.32 Å². The monoisotopic (exact) mass is 481 g/mol. The molecule has 0 aliphatic heterocycles. The van der Waals surface area contributed by atoms with E-state index in [2.05, 4.69) is 46.2 Å². The number of thiophene rings is 1. The first-order chi connectivity index (χ1) is 12.0. The van der Waals surface area contributed by atoms with Crippen molar-refractivity contribution in [1.29, 1.82) is 5.26 Å². The Balaban J connectivity index is 1.75. The molecule has 0 bridgehead atoms. The summed E-state index contributed by atoms with van der Waals surface area (Å²) >= 11 is 8.97. The summed E-state index contributed by atoms with van der Waals surface area (Å²) in [6.45, 7) is 2.23. The summed E-state index contributed by atoms with van der Waals surface area (Å²) in [5, 5.41) is 16.2. The lowest BCUT2D eigenvalue weighted by atomic mass is 9.89. The van der Waals surface area contributed by atoms with Gasteiger partial charge in [-0.05, 0) is 77.7 Å². The smallest absolute Gasteiger partial charge is 0.258 e.